The second-order valence-corrected chi connectivity index (χ2v) is 11.1. The molecular formula is C35H26N4O7S. The van der Waals surface area contributed by atoms with Gasteiger partial charge in [0.1, 0.15) is 16.4 Å². The molecule has 6 rings (SSSR count). The highest BCUT2D eigenvalue weighted by Crippen LogP contribution is 2.39. The van der Waals surface area contributed by atoms with Crippen molar-refractivity contribution in [2.45, 2.75) is 5.22 Å². The van der Waals surface area contributed by atoms with Gasteiger partial charge in [0, 0.05) is 35.0 Å². The van der Waals surface area contributed by atoms with Crippen LogP contribution in [0.4, 0.5) is 5.69 Å². The van der Waals surface area contributed by atoms with E-state index < -0.39 is 10.9 Å². The monoisotopic (exact) mass is 646 g/mol. The molecule has 0 bridgehead atoms. The van der Waals surface area contributed by atoms with E-state index in [1.165, 1.54) is 26.4 Å². The van der Waals surface area contributed by atoms with Gasteiger partial charge in [0.15, 0.2) is 0 Å². The molecule has 0 amide bonds. The number of hydrogen-bond donors (Lipinski definition) is 1. The Hall–Kier alpha value is -6.14. The van der Waals surface area contributed by atoms with Gasteiger partial charge in [0.2, 0.25) is 5.89 Å². The number of benzene rings is 4. The van der Waals surface area contributed by atoms with Crippen molar-refractivity contribution in [3.63, 3.8) is 0 Å². The minimum Gasteiger partial charge on any atom is -0.497 e. The molecule has 0 unspecified atom stereocenters. The smallest absolute Gasteiger partial charge is 0.342 e. The first kappa shape index (κ1) is 30.9. The van der Waals surface area contributed by atoms with Crippen molar-refractivity contribution in [2.24, 2.45) is 0 Å². The molecule has 12 heteroatoms. The minimum atomic E-state index is -1.19. The van der Waals surface area contributed by atoms with Gasteiger partial charge in [-0.25, -0.2) is 4.79 Å². The third-order valence-electron chi connectivity index (χ3n) is 7.17. The van der Waals surface area contributed by atoms with Gasteiger partial charge in [0.05, 0.1) is 30.5 Å². The third kappa shape index (κ3) is 6.63. The molecule has 6 aromatic rings. The molecule has 0 fully saturated rings. The lowest BCUT2D eigenvalue weighted by Gasteiger charge is -2.15. The first-order valence-electron chi connectivity index (χ1n) is 14.2. The summed E-state index contributed by atoms with van der Waals surface area (Å²) in [6.45, 7) is 0. The zero-order valence-corrected chi connectivity index (χ0v) is 25.9. The maximum absolute atomic E-state index is 12.7. The average Bonchev–Trinajstić information content (AvgIpc) is 3.73. The van der Waals surface area contributed by atoms with Crippen LogP contribution in [0.5, 0.6) is 11.5 Å². The summed E-state index contributed by atoms with van der Waals surface area (Å²) in [5, 5.41) is 30.0. The van der Waals surface area contributed by atoms with Crippen LogP contribution in [-0.4, -0.2) is 45.0 Å². The molecule has 0 radical (unpaired) electrons. The van der Waals surface area contributed by atoms with Crippen molar-refractivity contribution < 1.29 is 28.7 Å². The number of carboxylic acids is 1. The standard InChI is InChI=1S/C35H26N4O7S/c1-44-28-17-25(18-29(21-28)45-2)33-36-37-35(46-33)47-31(34(40)41)20-24-19-30(22-9-5-3-6-10-22)38(32(24)23-11-7-4-8-12-23)26-13-15-27(16-14-26)39(42)43/h3-21H,1-2H3,(H,40,41)/b31-20-. The van der Waals surface area contributed by atoms with E-state index in [0.29, 0.717) is 34.0 Å². The number of nitro benzene ring substituents is 1. The van der Waals surface area contributed by atoms with Gasteiger partial charge in [0.25, 0.3) is 10.9 Å². The van der Waals surface area contributed by atoms with Crippen molar-refractivity contribution in [3.8, 4) is 51.2 Å². The number of nitro groups is 1. The molecular weight excluding hydrogens is 620 g/mol. The van der Waals surface area contributed by atoms with Crippen LogP contribution in [0.3, 0.4) is 0 Å². The average molecular weight is 647 g/mol. The summed E-state index contributed by atoms with van der Waals surface area (Å²) in [6.07, 6.45) is 1.56. The number of non-ortho nitro benzene ring substituents is 1. The summed E-state index contributed by atoms with van der Waals surface area (Å²) in [5.41, 5.74) is 4.87. The van der Waals surface area contributed by atoms with Gasteiger partial charge in [-0.05, 0) is 59.3 Å². The first-order valence-corrected chi connectivity index (χ1v) is 15.0. The third-order valence-corrected chi connectivity index (χ3v) is 8.02. The minimum absolute atomic E-state index is 0.0229. The Morgan fingerprint density at radius 2 is 1.47 bits per heavy atom. The van der Waals surface area contributed by atoms with Gasteiger partial charge < -0.3 is 23.6 Å². The first-order chi connectivity index (χ1) is 22.8. The Bertz CT molecular complexity index is 2070. The topological polar surface area (TPSA) is 143 Å². The Morgan fingerprint density at radius 3 is 2.04 bits per heavy atom. The number of aliphatic carboxylic acids is 1. The van der Waals surface area contributed by atoms with E-state index >= 15 is 0 Å². The predicted molar refractivity (Wildman–Crippen MR) is 178 cm³/mol. The number of ether oxygens (including phenoxy) is 2. The van der Waals surface area contributed by atoms with Crippen LogP contribution in [0.2, 0.25) is 0 Å². The zero-order valence-electron chi connectivity index (χ0n) is 25.1. The number of aromatic nitrogens is 3. The van der Waals surface area contributed by atoms with E-state index in [0.717, 1.165) is 28.6 Å². The maximum Gasteiger partial charge on any atom is 0.342 e. The molecule has 0 aliphatic rings. The SMILES string of the molecule is COc1cc(OC)cc(-c2nnc(S/C(=C\c3cc(-c4ccccc4)n(-c4ccc([N+](=O)[O-])cc4)c3-c3ccccc3)C(=O)O)o2)c1. The quantitative estimate of drug-likeness (QED) is 0.0636. The normalized spacial score (nSPS) is 11.3. The van der Waals surface area contributed by atoms with E-state index in [-0.39, 0.29) is 21.7 Å². The number of thioether (sulfide) groups is 1. The fourth-order valence-electron chi connectivity index (χ4n) is 5.01. The Labute approximate surface area is 272 Å². The molecule has 2 aromatic heterocycles. The number of methoxy groups -OCH3 is 2. The molecule has 4 aromatic carbocycles. The largest absolute Gasteiger partial charge is 0.497 e. The van der Waals surface area contributed by atoms with E-state index in [1.54, 1.807) is 36.4 Å². The van der Waals surface area contributed by atoms with Crippen LogP contribution in [0, 0.1) is 10.1 Å². The summed E-state index contributed by atoms with van der Waals surface area (Å²) >= 11 is 0.817. The molecule has 0 saturated carbocycles. The second-order valence-electron chi connectivity index (χ2n) is 10.1. The fraction of sp³-hybridized carbons (Fsp3) is 0.0571. The van der Waals surface area contributed by atoms with Crippen LogP contribution < -0.4 is 9.47 Å². The van der Waals surface area contributed by atoms with Crippen molar-refractivity contribution >= 4 is 29.5 Å². The van der Waals surface area contributed by atoms with Crippen molar-refractivity contribution in [1.29, 1.82) is 0 Å². The summed E-state index contributed by atoms with van der Waals surface area (Å²) in [5.74, 6) is 0.0207. The maximum atomic E-state index is 12.7. The van der Waals surface area contributed by atoms with Crippen molar-refractivity contribution in [1.82, 2.24) is 14.8 Å². The summed E-state index contributed by atoms with van der Waals surface area (Å²) in [6, 6.07) is 32.3. The van der Waals surface area contributed by atoms with Crippen LogP contribution in [0.1, 0.15) is 5.56 Å². The van der Waals surface area contributed by atoms with Crippen LogP contribution in [0.25, 0.3) is 45.7 Å². The van der Waals surface area contributed by atoms with Gasteiger partial charge in [-0.2, -0.15) is 0 Å². The molecule has 0 spiro atoms. The predicted octanol–water partition coefficient (Wildman–Crippen LogP) is 8.00. The molecule has 1 N–H and O–H groups in total. The van der Waals surface area contributed by atoms with Crippen LogP contribution >= 0.6 is 11.8 Å². The molecule has 0 saturated heterocycles. The summed E-state index contributed by atoms with van der Waals surface area (Å²) in [7, 11) is 3.05. The second kappa shape index (κ2) is 13.5. The molecule has 0 aliphatic heterocycles. The lowest BCUT2D eigenvalue weighted by atomic mass is 10.1. The number of carbonyl (C=O) groups is 1. The fourth-order valence-corrected chi connectivity index (χ4v) is 5.68. The van der Waals surface area contributed by atoms with Crippen LogP contribution in [-0.2, 0) is 4.79 Å². The van der Waals surface area contributed by atoms with E-state index in [9.17, 15) is 20.0 Å². The molecule has 2 heterocycles. The lowest BCUT2D eigenvalue weighted by Crippen LogP contribution is -2.01. The Balaban J connectivity index is 1.49. The van der Waals surface area contributed by atoms with E-state index in [4.69, 9.17) is 13.9 Å². The molecule has 11 nitrogen and oxygen atoms in total. The Kier molecular flexibility index (Phi) is 8.84. The summed E-state index contributed by atoms with van der Waals surface area (Å²) < 4.78 is 18.5. The molecule has 0 aliphatic carbocycles. The number of hydrogen-bond acceptors (Lipinski definition) is 9. The molecule has 0 atom stereocenters. The highest BCUT2D eigenvalue weighted by molar-refractivity contribution is 8.03. The van der Waals surface area contributed by atoms with Gasteiger partial charge in [-0.15, -0.1) is 10.2 Å². The van der Waals surface area contributed by atoms with E-state index in [2.05, 4.69) is 10.2 Å². The zero-order chi connectivity index (χ0) is 32.9. The van der Waals surface area contributed by atoms with Gasteiger partial charge in [-0.3, -0.25) is 10.1 Å². The highest BCUT2D eigenvalue weighted by atomic mass is 32.2. The molecule has 234 valence electrons. The number of carboxylic acid groups (broad SMARTS) is 1. The van der Waals surface area contributed by atoms with Gasteiger partial charge >= 0.3 is 5.97 Å². The number of nitrogens with zero attached hydrogens (tertiary/aromatic N) is 4. The van der Waals surface area contributed by atoms with E-state index in [1.807, 2.05) is 71.3 Å². The van der Waals surface area contributed by atoms with Crippen molar-refractivity contribution in [3.05, 3.63) is 130 Å². The summed E-state index contributed by atoms with van der Waals surface area (Å²) in [4.78, 5) is 23.5. The lowest BCUT2D eigenvalue weighted by molar-refractivity contribution is -0.384. The number of rotatable bonds is 11. The van der Waals surface area contributed by atoms with Crippen molar-refractivity contribution in [2.75, 3.05) is 14.2 Å². The van der Waals surface area contributed by atoms with Crippen LogP contribution in [0.15, 0.2) is 124 Å². The highest BCUT2D eigenvalue weighted by Gasteiger charge is 2.23. The molecule has 47 heavy (non-hydrogen) atoms. The Morgan fingerprint density at radius 1 is 0.851 bits per heavy atom. The van der Waals surface area contributed by atoms with Gasteiger partial charge in [-0.1, -0.05) is 60.7 Å².